The maximum atomic E-state index is 12.0. The number of aryl methyl sites for hydroxylation is 1. The Morgan fingerprint density at radius 3 is 2.52 bits per heavy atom. The molecule has 2 N–H and O–H groups in total. The van der Waals surface area contributed by atoms with Crippen LogP contribution in [-0.2, 0) is 0 Å². The number of nitrogens with zero attached hydrogens (tertiary/aromatic N) is 2. The van der Waals surface area contributed by atoms with E-state index in [2.05, 4.69) is 12.0 Å². The normalized spacial score (nSPS) is 11.0. The van der Waals surface area contributed by atoms with Crippen molar-refractivity contribution in [1.82, 2.24) is 4.68 Å². The van der Waals surface area contributed by atoms with Crippen molar-refractivity contribution in [3.8, 4) is 11.5 Å². The molecule has 0 bridgehead atoms. The molecule has 6 nitrogen and oxygen atoms in total. The summed E-state index contributed by atoms with van der Waals surface area (Å²) in [5.41, 5.74) is 7.17. The summed E-state index contributed by atoms with van der Waals surface area (Å²) in [5.74, 6) is 1.70. The lowest BCUT2D eigenvalue weighted by Gasteiger charge is -2.11. The van der Waals surface area contributed by atoms with Crippen LogP contribution in [-0.4, -0.2) is 24.1 Å². The number of rotatable bonds is 8. The first-order valence-corrected chi connectivity index (χ1v) is 8.48. The molecule has 0 unspecified atom stereocenters. The maximum Gasteiger partial charge on any atom is 0.273 e. The predicted octanol–water partition coefficient (Wildman–Crippen LogP) is 3.20. The minimum absolute atomic E-state index is 0.271. The number of hydrogen-bond donors (Lipinski definition) is 1. The second-order valence-corrected chi connectivity index (χ2v) is 5.75. The molecule has 0 aliphatic heterocycles. The largest absolute Gasteiger partial charge is 0.493 e. The van der Waals surface area contributed by atoms with E-state index < -0.39 is 0 Å². The third-order valence-corrected chi connectivity index (χ3v) is 3.41. The number of nitrogens with two attached hydrogens (primary N) is 1. The van der Waals surface area contributed by atoms with E-state index in [0.29, 0.717) is 24.8 Å². The fraction of sp³-hybridized carbons (Fsp3) is 0.368. The van der Waals surface area contributed by atoms with Gasteiger partial charge < -0.3 is 15.2 Å². The van der Waals surface area contributed by atoms with E-state index >= 15 is 0 Å². The number of ether oxygens (including phenoxy) is 2. The molecule has 134 valence electrons. The highest BCUT2D eigenvalue weighted by Crippen LogP contribution is 2.24. The Morgan fingerprint density at radius 2 is 1.84 bits per heavy atom. The SMILES string of the molecule is CCCOc1ccc(/C=N\n2c(N)cc(C)cc2=O)c(OCCC)c1. The Labute approximate surface area is 147 Å². The van der Waals surface area contributed by atoms with Gasteiger partial charge in [0.05, 0.1) is 19.4 Å². The van der Waals surface area contributed by atoms with Gasteiger partial charge in [-0.3, -0.25) is 4.79 Å². The van der Waals surface area contributed by atoms with Crippen LogP contribution >= 0.6 is 0 Å². The second-order valence-electron chi connectivity index (χ2n) is 5.75. The first-order valence-electron chi connectivity index (χ1n) is 8.48. The van der Waals surface area contributed by atoms with E-state index in [9.17, 15) is 4.79 Å². The van der Waals surface area contributed by atoms with Gasteiger partial charge in [-0.05, 0) is 43.5 Å². The van der Waals surface area contributed by atoms with Crippen LogP contribution in [0.5, 0.6) is 11.5 Å². The molecule has 2 rings (SSSR count). The van der Waals surface area contributed by atoms with Crippen LogP contribution in [0.4, 0.5) is 5.82 Å². The number of pyridine rings is 1. The van der Waals surface area contributed by atoms with Gasteiger partial charge in [-0.25, -0.2) is 0 Å². The van der Waals surface area contributed by atoms with Crippen molar-refractivity contribution in [2.24, 2.45) is 5.10 Å². The number of benzene rings is 1. The lowest BCUT2D eigenvalue weighted by molar-refractivity contribution is 0.301. The maximum absolute atomic E-state index is 12.0. The molecule has 25 heavy (non-hydrogen) atoms. The summed E-state index contributed by atoms with van der Waals surface area (Å²) in [7, 11) is 0. The molecule has 0 aliphatic carbocycles. The average Bonchev–Trinajstić information content (AvgIpc) is 2.58. The molecule has 0 amide bonds. The van der Waals surface area contributed by atoms with Crippen LogP contribution in [0.1, 0.15) is 37.8 Å². The molecule has 0 atom stereocenters. The van der Waals surface area contributed by atoms with E-state index in [0.717, 1.165) is 34.4 Å². The van der Waals surface area contributed by atoms with Gasteiger partial charge in [0.1, 0.15) is 17.3 Å². The van der Waals surface area contributed by atoms with Gasteiger partial charge in [0.25, 0.3) is 5.56 Å². The van der Waals surface area contributed by atoms with Crippen LogP contribution in [0.25, 0.3) is 0 Å². The van der Waals surface area contributed by atoms with Crippen molar-refractivity contribution < 1.29 is 9.47 Å². The molecule has 1 aromatic heterocycles. The highest BCUT2D eigenvalue weighted by atomic mass is 16.5. The Hall–Kier alpha value is -2.76. The number of anilines is 1. The number of nitrogen functional groups attached to an aromatic ring is 1. The minimum atomic E-state index is -0.271. The summed E-state index contributed by atoms with van der Waals surface area (Å²) in [6, 6.07) is 8.75. The third kappa shape index (κ3) is 5.11. The van der Waals surface area contributed by atoms with Crippen molar-refractivity contribution in [3.05, 3.63) is 51.8 Å². The summed E-state index contributed by atoms with van der Waals surface area (Å²) in [4.78, 5) is 12.0. The average molecular weight is 343 g/mol. The highest BCUT2D eigenvalue weighted by Gasteiger charge is 2.06. The Bertz CT molecular complexity index is 797. The van der Waals surface area contributed by atoms with E-state index in [1.54, 1.807) is 12.3 Å². The van der Waals surface area contributed by atoms with Gasteiger partial charge in [0, 0.05) is 17.7 Å². The topological polar surface area (TPSA) is 78.8 Å². The zero-order chi connectivity index (χ0) is 18.2. The van der Waals surface area contributed by atoms with Gasteiger partial charge in [-0.2, -0.15) is 9.78 Å². The summed E-state index contributed by atoms with van der Waals surface area (Å²) < 4.78 is 12.6. The first kappa shape index (κ1) is 18.6. The standard InChI is InChI=1S/C19H25N3O3/c1-4-8-24-16-7-6-15(17(12-16)25-9-5-2)13-21-22-18(20)10-14(3)11-19(22)23/h6-7,10-13H,4-5,8-9,20H2,1-3H3/b21-13-. The Morgan fingerprint density at radius 1 is 1.12 bits per heavy atom. The lowest BCUT2D eigenvalue weighted by Crippen LogP contribution is -2.19. The van der Waals surface area contributed by atoms with Crippen molar-refractivity contribution >= 4 is 12.0 Å². The zero-order valence-corrected chi connectivity index (χ0v) is 15.0. The molecule has 2 aromatic rings. The number of hydrogen-bond acceptors (Lipinski definition) is 5. The summed E-state index contributed by atoms with van der Waals surface area (Å²) in [5, 5.41) is 4.21. The Balaban J connectivity index is 2.32. The van der Waals surface area contributed by atoms with Gasteiger partial charge in [0.15, 0.2) is 0 Å². The van der Waals surface area contributed by atoms with E-state index in [-0.39, 0.29) is 5.56 Å². The fourth-order valence-corrected chi connectivity index (χ4v) is 2.23. The monoisotopic (exact) mass is 343 g/mol. The smallest absolute Gasteiger partial charge is 0.273 e. The van der Waals surface area contributed by atoms with E-state index in [4.69, 9.17) is 15.2 Å². The van der Waals surface area contributed by atoms with Crippen molar-refractivity contribution in [2.45, 2.75) is 33.6 Å². The quantitative estimate of drug-likeness (QED) is 0.747. The van der Waals surface area contributed by atoms with E-state index in [1.807, 2.05) is 32.0 Å². The fourth-order valence-electron chi connectivity index (χ4n) is 2.23. The molecule has 6 heteroatoms. The van der Waals surface area contributed by atoms with Crippen LogP contribution in [0, 0.1) is 6.92 Å². The van der Waals surface area contributed by atoms with Gasteiger partial charge in [-0.15, -0.1) is 0 Å². The molecule has 0 saturated carbocycles. The third-order valence-electron chi connectivity index (χ3n) is 3.41. The Kier molecular flexibility index (Phi) is 6.62. The molecule has 1 heterocycles. The highest BCUT2D eigenvalue weighted by molar-refractivity contribution is 5.84. The zero-order valence-electron chi connectivity index (χ0n) is 15.0. The summed E-state index contributed by atoms with van der Waals surface area (Å²) in [6.45, 7) is 7.15. The molecule has 0 aliphatic rings. The molecule has 1 aromatic carbocycles. The van der Waals surface area contributed by atoms with Crippen molar-refractivity contribution in [3.63, 3.8) is 0 Å². The summed E-state index contributed by atoms with van der Waals surface area (Å²) >= 11 is 0. The molecule has 0 fully saturated rings. The molecular formula is C19H25N3O3. The van der Waals surface area contributed by atoms with E-state index in [1.165, 1.54) is 6.07 Å². The first-order chi connectivity index (χ1) is 12.0. The van der Waals surface area contributed by atoms with Crippen LogP contribution in [0.3, 0.4) is 0 Å². The van der Waals surface area contributed by atoms with Crippen LogP contribution in [0.15, 0.2) is 40.2 Å². The van der Waals surface area contributed by atoms with Crippen LogP contribution < -0.4 is 20.8 Å². The molecule has 0 saturated heterocycles. The summed E-state index contributed by atoms with van der Waals surface area (Å²) in [6.07, 6.45) is 3.40. The second kappa shape index (κ2) is 8.92. The van der Waals surface area contributed by atoms with Gasteiger partial charge in [-0.1, -0.05) is 13.8 Å². The molecule has 0 radical (unpaired) electrons. The lowest BCUT2D eigenvalue weighted by atomic mass is 10.2. The number of aromatic nitrogens is 1. The molecular weight excluding hydrogens is 318 g/mol. The van der Waals surface area contributed by atoms with Crippen molar-refractivity contribution in [1.29, 1.82) is 0 Å². The van der Waals surface area contributed by atoms with Gasteiger partial charge in [0.2, 0.25) is 0 Å². The molecule has 0 spiro atoms. The minimum Gasteiger partial charge on any atom is -0.493 e. The van der Waals surface area contributed by atoms with Crippen molar-refractivity contribution in [2.75, 3.05) is 18.9 Å². The predicted molar refractivity (Wildman–Crippen MR) is 101 cm³/mol. The van der Waals surface area contributed by atoms with Gasteiger partial charge >= 0.3 is 0 Å². The van der Waals surface area contributed by atoms with Crippen LogP contribution in [0.2, 0.25) is 0 Å².